The van der Waals surface area contributed by atoms with Crippen molar-refractivity contribution in [1.29, 1.82) is 0 Å². The summed E-state index contributed by atoms with van der Waals surface area (Å²) in [5.74, 6) is 0.991. The monoisotopic (exact) mass is 297 g/mol. The average molecular weight is 298 g/mol. The van der Waals surface area contributed by atoms with Crippen molar-refractivity contribution in [2.75, 3.05) is 24.6 Å². The highest BCUT2D eigenvalue weighted by molar-refractivity contribution is 6.31. The van der Waals surface area contributed by atoms with E-state index in [2.05, 4.69) is 31.0 Å². The lowest BCUT2D eigenvalue weighted by atomic mass is 10.2. The number of nitrogens with one attached hydrogen (secondary N) is 1. The van der Waals surface area contributed by atoms with Gasteiger partial charge in [-0.05, 0) is 38.9 Å². The van der Waals surface area contributed by atoms with Crippen LogP contribution >= 0.6 is 11.6 Å². The zero-order valence-electron chi connectivity index (χ0n) is 12.5. The first-order valence-electron chi connectivity index (χ1n) is 7.36. The molecule has 0 amide bonds. The molecule has 0 spiro atoms. The van der Waals surface area contributed by atoms with Gasteiger partial charge < -0.3 is 15.0 Å². The zero-order valence-corrected chi connectivity index (χ0v) is 13.3. The summed E-state index contributed by atoms with van der Waals surface area (Å²) >= 11 is 6.23. The molecule has 1 aliphatic rings. The molecule has 2 heterocycles. The van der Waals surface area contributed by atoms with Gasteiger partial charge in [0.15, 0.2) is 0 Å². The smallest absolute Gasteiger partial charge is 0.129 e. The minimum absolute atomic E-state index is 0.241. The van der Waals surface area contributed by atoms with Crippen molar-refractivity contribution in [3.63, 3.8) is 0 Å². The Morgan fingerprint density at radius 1 is 1.45 bits per heavy atom. The molecule has 5 heteroatoms. The van der Waals surface area contributed by atoms with Crippen LogP contribution in [0.2, 0.25) is 5.02 Å². The SMILES string of the molecule is CCCNCc1nc(N2CC(C)OCC2C)ccc1Cl. The molecule has 2 atom stereocenters. The van der Waals surface area contributed by atoms with Crippen LogP contribution in [-0.4, -0.2) is 36.8 Å². The third kappa shape index (κ3) is 3.84. The first-order valence-corrected chi connectivity index (χ1v) is 7.74. The minimum atomic E-state index is 0.241. The van der Waals surface area contributed by atoms with E-state index in [0.29, 0.717) is 6.04 Å². The van der Waals surface area contributed by atoms with Crippen LogP contribution in [0.25, 0.3) is 0 Å². The van der Waals surface area contributed by atoms with Gasteiger partial charge in [-0.15, -0.1) is 0 Å². The Kier molecular flexibility index (Phi) is 5.64. The van der Waals surface area contributed by atoms with Crippen LogP contribution in [0.1, 0.15) is 32.9 Å². The summed E-state index contributed by atoms with van der Waals surface area (Å²) in [4.78, 5) is 7.03. The molecule has 0 aliphatic carbocycles. The van der Waals surface area contributed by atoms with Crippen LogP contribution in [0.4, 0.5) is 5.82 Å². The number of ether oxygens (including phenoxy) is 1. The number of aromatic nitrogens is 1. The quantitative estimate of drug-likeness (QED) is 0.848. The number of halogens is 1. The van der Waals surface area contributed by atoms with Crippen LogP contribution in [0.5, 0.6) is 0 Å². The molecule has 0 aromatic carbocycles. The molecule has 0 saturated carbocycles. The fraction of sp³-hybridized carbons (Fsp3) is 0.667. The summed E-state index contributed by atoms with van der Waals surface area (Å²) in [6.45, 7) is 9.72. The molecule has 20 heavy (non-hydrogen) atoms. The molecule has 4 nitrogen and oxygen atoms in total. The van der Waals surface area contributed by atoms with Gasteiger partial charge in [-0.2, -0.15) is 0 Å². The Morgan fingerprint density at radius 2 is 2.25 bits per heavy atom. The van der Waals surface area contributed by atoms with Gasteiger partial charge in [0.25, 0.3) is 0 Å². The number of morpholine rings is 1. The Hall–Kier alpha value is -0.840. The maximum atomic E-state index is 6.23. The number of pyridine rings is 1. The lowest BCUT2D eigenvalue weighted by molar-refractivity contribution is 0.0340. The molecule has 1 aliphatic heterocycles. The van der Waals surface area contributed by atoms with E-state index in [9.17, 15) is 0 Å². The topological polar surface area (TPSA) is 37.4 Å². The second-order valence-corrected chi connectivity index (χ2v) is 5.83. The standard InChI is InChI=1S/C15H24ClN3O/c1-4-7-17-8-14-13(16)5-6-15(18-14)19-9-12(3)20-10-11(19)2/h5-6,11-12,17H,4,7-10H2,1-3H3. The van der Waals surface area contributed by atoms with Gasteiger partial charge >= 0.3 is 0 Å². The van der Waals surface area contributed by atoms with Crippen LogP contribution in [0, 0.1) is 0 Å². The van der Waals surface area contributed by atoms with Crippen LogP contribution in [0.15, 0.2) is 12.1 Å². The van der Waals surface area contributed by atoms with E-state index in [1.165, 1.54) is 0 Å². The minimum Gasteiger partial charge on any atom is -0.375 e. The van der Waals surface area contributed by atoms with Crippen molar-refractivity contribution in [3.8, 4) is 0 Å². The van der Waals surface area contributed by atoms with Gasteiger partial charge in [-0.25, -0.2) is 4.98 Å². The summed E-state index contributed by atoms with van der Waals surface area (Å²) in [6, 6.07) is 4.29. The van der Waals surface area contributed by atoms with Crippen molar-refractivity contribution < 1.29 is 4.74 Å². The molecule has 1 N–H and O–H groups in total. The third-order valence-corrected chi connectivity index (χ3v) is 3.87. The first-order chi connectivity index (χ1) is 9.61. The highest BCUT2D eigenvalue weighted by atomic mass is 35.5. The van der Waals surface area contributed by atoms with Crippen molar-refractivity contribution in [3.05, 3.63) is 22.8 Å². The van der Waals surface area contributed by atoms with Crippen LogP contribution in [-0.2, 0) is 11.3 Å². The van der Waals surface area contributed by atoms with Crippen molar-refractivity contribution in [2.45, 2.75) is 45.9 Å². The number of anilines is 1. The van der Waals surface area contributed by atoms with Gasteiger partial charge in [0.1, 0.15) is 5.82 Å². The van der Waals surface area contributed by atoms with E-state index in [0.717, 1.165) is 49.2 Å². The molecular formula is C15H24ClN3O. The number of hydrogen-bond donors (Lipinski definition) is 1. The number of rotatable bonds is 5. The molecule has 1 fully saturated rings. The van der Waals surface area contributed by atoms with Gasteiger partial charge in [0.2, 0.25) is 0 Å². The summed E-state index contributed by atoms with van der Waals surface area (Å²) in [5.41, 5.74) is 0.920. The molecular weight excluding hydrogens is 274 g/mol. The average Bonchev–Trinajstić information content (AvgIpc) is 2.44. The molecule has 2 rings (SSSR count). The fourth-order valence-corrected chi connectivity index (χ4v) is 2.53. The van der Waals surface area contributed by atoms with Gasteiger partial charge in [-0.1, -0.05) is 18.5 Å². The van der Waals surface area contributed by atoms with Crippen LogP contribution in [0.3, 0.4) is 0 Å². The second kappa shape index (κ2) is 7.25. The molecule has 1 saturated heterocycles. The highest BCUT2D eigenvalue weighted by Crippen LogP contribution is 2.23. The molecule has 1 aromatic rings. The lowest BCUT2D eigenvalue weighted by Gasteiger charge is -2.37. The van der Waals surface area contributed by atoms with Crippen LogP contribution < -0.4 is 10.2 Å². The summed E-state index contributed by atoms with van der Waals surface area (Å²) in [6.07, 6.45) is 1.35. The van der Waals surface area contributed by atoms with Gasteiger partial charge in [-0.3, -0.25) is 0 Å². The predicted molar refractivity (Wildman–Crippen MR) is 83.5 cm³/mol. The maximum absolute atomic E-state index is 6.23. The zero-order chi connectivity index (χ0) is 14.5. The van der Waals surface area contributed by atoms with Gasteiger partial charge in [0.05, 0.1) is 29.5 Å². The van der Waals surface area contributed by atoms with E-state index in [4.69, 9.17) is 21.3 Å². The fourth-order valence-electron chi connectivity index (χ4n) is 2.36. The molecule has 112 valence electrons. The third-order valence-electron chi connectivity index (χ3n) is 3.53. The Morgan fingerprint density at radius 3 is 3.00 bits per heavy atom. The highest BCUT2D eigenvalue weighted by Gasteiger charge is 2.24. The molecule has 1 aromatic heterocycles. The number of nitrogens with zero attached hydrogens (tertiary/aromatic N) is 2. The largest absolute Gasteiger partial charge is 0.375 e. The molecule has 0 bridgehead atoms. The van der Waals surface area contributed by atoms with E-state index in [1.54, 1.807) is 0 Å². The van der Waals surface area contributed by atoms with E-state index in [1.807, 2.05) is 12.1 Å². The summed E-state index contributed by atoms with van der Waals surface area (Å²) < 4.78 is 5.67. The molecule has 2 unspecified atom stereocenters. The second-order valence-electron chi connectivity index (χ2n) is 5.42. The summed E-state index contributed by atoms with van der Waals surface area (Å²) in [5, 5.41) is 4.08. The van der Waals surface area contributed by atoms with Gasteiger partial charge in [0, 0.05) is 13.1 Å². The summed E-state index contributed by atoms with van der Waals surface area (Å²) in [7, 11) is 0. The predicted octanol–water partition coefficient (Wildman–Crippen LogP) is 2.85. The van der Waals surface area contributed by atoms with Crippen molar-refractivity contribution >= 4 is 17.4 Å². The Labute approximate surface area is 126 Å². The van der Waals surface area contributed by atoms with Crippen molar-refractivity contribution in [2.24, 2.45) is 0 Å². The number of hydrogen-bond acceptors (Lipinski definition) is 4. The Balaban J connectivity index is 2.13. The molecule has 0 radical (unpaired) electrons. The Bertz CT molecular complexity index is 441. The maximum Gasteiger partial charge on any atom is 0.129 e. The van der Waals surface area contributed by atoms with E-state index in [-0.39, 0.29) is 6.10 Å². The lowest BCUT2D eigenvalue weighted by Crippen LogP contribution is -2.47. The normalized spacial score (nSPS) is 23.1. The van der Waals surface area contributed by atoms with Crippen molar-refractivity contribution in [1.82, 2.24) is 10.3 Å². The first kappa shape index (κ1) is 15.5. The van der Waals surface area contributed by atoms with E-state index >= 15 is 0 Å². The van der Waals surface area contributed by atoms with E-state index < -0.39 is 0 Å².